The fourth-order valence-electron chi connectivity index (χ4n) is 2.53. The lowest BCUT2D eigenvalue weighted by atomic mass is 10.2. The Labute approximate surface area is 144 Å². The van der Waals surface area contributed by atoms with Crippen LogP contribution >= 0.6 is 0 Å². The summed E-state index contributed by atoms with van der Waals surface area (Å²) < 4.78 is 15.1. The summed E-state index contributed by atoms with van der Waals surface area (Å²) >= 11 is 0. The minimum atomic E-state index is -0.385. The SMILES string of the molecule is Cc1cccc(NC(=O)c2ccc(=O)n(Cc3ccccc3F)c2)c1. The van der Waals surface area contributed by atoms with Crippen LogP contribution in [0.2, 0.25) is 0 Å². The first-order valence-electron chi connectivity index (χ1n) is 7.85. The van der Waals surface area contributed by atoms with Gasteiger partial charge in [0.25, 0.3) is 11.5 Å². The second kappa shape index (κ2) is 7.13. The molecule has 5 heteroatoms. The van der Waals surface area contributed by atoms with Crippen molar-refractivity contribution in [1.29, 1.82) is 0 Å². The zero-order chi connectivity index (χ0) is 17.8. The molecule has 4 nitrogen and oxygen atoms in total. The van der Waals surface area contributed by atoms with Crippen LogP contribution in [-0.2, 0) is 6.54 Å². The molecule has 0 aliphatic carbocycles. The zero-order valence-electron chi connectivity index (χ0n) is 13.7. The second-order valence-corrected chi connectivity index (χ2v) is 5.80. The van der Waals surface area contributed by atoms with Crippen molar-refractivity contribution in [2.24, 2.45) is 0 Å². The molecule has 0 saturated carbocycles. The number of carbonyl (C=O) groups excluding carboxylic acids is 1. The van der Waals surface area contributed by atoms with Gasteiger partial charge in [-0.1, -0.05) is 30.3 Å². The highest BCUT2D eigenvalue weighted by Gasteiger charge is 2.10. The van der Waals surface area contributed by atoms with Gasteiger partial charge < -0.3 is 9.88 Å². The van der Waals surface area contributed by atoms with Gasteiger partial charge in [-0.3, -0.25) is 9.59 Å². The van der Waals surface area contributed by atoms with E-state index >= 15 is 0 Å². The summed E-state index contributed by atoms with van der Waals surface area (Å²) in [6, 6.07) is 16.5. The number of carbonyl (C=O) groups is 1. The molecule has 126 valence electrons. The smallest absolute Gasteiger partial charge is 0.257 e. The highest BCUT2D eigenvalue weighted by molar-refractivity contribution is 6.04. The monoisotopic (exact) mass is 336 g/mol. The zero-order valence-corrected chi connectivity index (χ0v) is 13.7. The van der Waals surface area contributed by atoms with E-state index in [2.05, 4.69) is 5.32 Å². The molecule has 1 amide bonds. The third kappa shape index (κ3) is 4.01. The normalized spacial score (nSPS) is 10.5. The van der Waals surface area contributed by atoms with E-state index in [1.165, 1.54) is 29.0 Å². The summed E-state index contributed by atoms with van der Waals surface area (Å²) in [5.74, 6) is -0.711. The average molecular weight is 336 g/mol. The third-order valence-corrected chi connectivity index (χ3v) is 3.82. The highest BCUT2D eigenvalue weighted by Crippen LogP contribution is 2.12. The number of amides is 1. The van der Waals surface area contributed by atoms with Crippen molar-refractivity contribution in [3.63, 3.8) is 0 Å². The van der Waals surface area contributed by atoms with Crippen LogP contribution in [0.5, 0.6) is 0 Å². The lowest BCUT2D eigenvalue weighted by Crippen LogP contribution is -2.23. The Morgan fingerprint density at radius 2 is 1.88 bits per heavy atom. The molecule has 0 spiro atoms. The number of hydrogen-bond acceptors (Lipinski definition) is 2. The minimum Gasteiger partial charge on any atom is -0.322 e. The number of aromatic nitrogens is 1. The van der Waals surface area contributed by atoms with E-state index in [1.54, 1.807) is 24.3 Å². The quantitative estimate of drug-likeness (QED) is 0.791. The molecular formula is C20H17FN2O2. The van der Waals surface area contributed by atoms with Crippen molar-refractivity contribution in [1.82, 2.24) is 4.57 Å². The van der Waals surface area contributed by atoms with Gasteiger partial charge in [-0.15, -0.1) is 0 Å². The Hall–Kier alpha value is -3.21. The van der Waals surface area contributed by atoms with Crippen LogP contribution in [0.4, 0.5) is 10.1 Å². The van der Waals surface area contributed by atoms with E-state index in [0.717, 1.165) is 5.56 Å². The standard InChI is InChI=1S/C20H17FN2O2/c1-14-5-4-7-17(11-14)22-20(25)16-9-10-19(24)23(13-16)12-15-6-2-3-8-18(15)21/h2-11,13H,12H2,1H3,(H,22,25). The van der Waals surface area contributed by atoms with Gasteiger partial charge in [0, 0.05) is 23.5 Å². The van der Waals surface area contributed by atoms with E-state index in [4.69, 9.17) is 0 Å². The lowest BCUT2D eigenvalue weighted by molar-refractivity contribution is 0.102. The number of aryl methyl sites for hydroxylation is 1. The van der Waals surface area contributed by atoms with Gasteiger partial charge in [0.05, 0.1) is 12.1 Å². The van der Waals surface area contributed by atoms with E-state index in [9.17, 15) is 14.0 Å². The van der Waals surface area contributed by atoms with Gasteiger partial charge >= 0.3 is 0 Å². The van der Waals surface area contributed by atoms with E-state index in [-0.39, 0.29) is 23.8 Å². The highest BCUT2D eigenvalue weighted by atomic mass is 19.1. The molecular weight excluding hydrogens is 319 g/mol. The van der Waals surface area contributed by atoms with Crippen LogP contribution in [0.25, 0.3) is 0 Å². The fraction of sp³-hybridized carbons (Fsp3) is 0.100. The summed E-state index contributed by atoms with van der Waals surface area (Å²) in [5.41, 5.74) is 2.13. The van der Waals surface area contributed by atoms with Gasteiger partial charge in [0.1, 0.15) is 5.82 Å². The van der Waals surface area contributed by atoms with Gasteiger partial charge in [-0.2, -0.15) is 0 Å². The van der Waals surface area contributed by atoms with Gasteiger partial charge in [-0.05, 0) is 36.8 Å². The number of benzene rings is 2. The number of hydrogen-bond donors (Lipinski definition) is 1. The molecule has 25 heavy (non-hydrogen) atoms. The Bertz CT molecular complexity index is 979. The van der Waals surface area contributed by atoms with Crippen LogP contribution in [-0.4, -0.2) is 10.5 Å². The molecule has 0 aliphatic heterocycles. The molecule has 0 saturated heterocycles. The average Bonchev–Trinajstić information content (AvgIpc) is 2.58. The first-order valence-corrected chi connectivity index (χ1v) is 7.85. The van der Waals surface area contributed by atoms with Crippen LogP contribution in [0.3, 0.4) is 0 Å². The molecule has 0 radical (unpaired) electrons. The van der Waals surface area contributed by atoms with Crippen molar-refractivity contribution in [2.75, 3.05) is 5.32 Å². The van der Waals surface area contributed by atoms with E-state index in [1.807, 2.05) is 25.1 Å². The second-order valence-electron chi connectivity index (χ2n) is 5.80. The molecule has 2 aromatic carbocycles. The molecule has 1 aromatic heterocycles. The number of halogens is 1. The Kier molecular flexibility index (Phi) is 4.75. The molecule has 1 heterocycles. The van der Waals surface area contributed by atoms with Crippen LogP contribution < -0.4 is 10.9 Å². The number of anilines is 1. The summed E-state index contributed by atoms with van der Waals surface area (Å²) in [7, 11) is 0. The van der Waals surface area contributed by atoms with E-state index in [0.29, 0.717) is 16.8 Å². The third-order valence-electron chi connectivity index (χ3n) is 3.82. The fourth-order valence-corrected chi connectivity index (χ4v) is 2.53. The number of pyridine rings is 1. The molecule has 3 aromatic rings. The Morgan fingerprint density at radius 1 is 1.08 bits per heavy atom. The van der Waals surface area contributed by atoms with Crippen LogP contribution in [0.1, 0.15) is 21.5 Å². The maximum Gasteiger partial charge on any atom is 0.257 e. The van der Waals surface area contributed by atoms with Crippen LogP contribution in [0.15, 0.2) is 71.7 Å². The van der Waals surface area contributed by atoms with Crippen molar-refractivity contribution in [3.8, 4) is 0 Å². The van der Waals surface area contributed by atoms with Crippen LogP contribution in [0, 0.1) is 12.7 Å². The molecule has 0 bridgehead atoms. The van der Waals surface area contributed by atoms with E-state index < -0.39 is 0 Å². The maximum absolute atomic E-state index is 13.8. The summed E-state index contributed by atoms with van der Waals surface area (Å²) in [6.07, 6.45) is 1.44. The molecule has 3 rings (SSSR count). The topological polar surface area (TPSA) is 51.1 Å². The van der Waals surface area contributed by atoms with Gasteiger partial charge in [-0.25, -0.2) is 4.39 Å². The first-order chi connectivity index (χ1) is 12.0. The first kappa shape index (κ1) is 16.6. The number of rotatable bonds is 4. The Balaban J connectivity index is 1.85. The molecule has 0 atom stereocenters. The van der Waals surface area contributed by atoms with Gasteiger partial charge in [0.2, 0.25) is 0 Å². The summed E-state index contributed by atoms with van der Waals surface area (Å²) in [5, 5.41) is 2.79. The molecule has 0 fully saturated rings. The summed E-state index contributed by atoms with van der Waals surface area (Å²) in [4.78, 5) is 24.4. The predicted molar refractivity (Wildman–Crippen MR) is 95.3 cm³/mol. The Morgan fingerprint density at radius 3 is 2.64 bits per heavy atom. The van der Waals surface area contributed by atoms with Crippen molar-refractivity contribution in [2.45, 2.75) is 13.5 Å². The largest absolute Gasteiger partial charge is 0.322 e. The summed E-state index contributed by atoms with van der Waals surface area (Å²) in [6.45, 7) is 2.00. The molecule has 1 N–H and O–H groups in total. The van der Waals surface area contributed by atoms with Crippen molar-refractivity contribution in [3.05, 3.63) is 99.7 Å². The van der Waals surface area contributed by atoms with Gasteiger partial charge in [0.15, 0.2) is 0 Å². The number of nitrogens with one attached hydrogen (secondary N) is 1. The predicted octanol–water partition coefficient (Wildman–Crippen LogP) is 3.60. The number of nitrogens with zero attached hydrogens (tertiary/aromatic N) is 1. The minimum absolute atomic E-state index is 0.0665. The van der Waals surface area contributed by atoms with Crippen molar-refractivity contribution >= 4 is 11.6 Å². The lowest BCUT2D eigenvalue weighted by Gasteiger charge is -2.10. The maximum atomic E-state index is 13.8. The molecule has 0 aliphatic rings. The molecule has 0 unspecified atom stereocenters. The van der Waals surface area contributed by atoms with Crippen molar-refractivity contribution < 1.29 is 9.18 Å².